The molecule has 2 nitrogen and oxygen atoms in total. The Bertz CT molecular complexity index is 223. The summed E-state index contributed by atoms with van der Waals surface area (Å²) >= 11 is 1.93. The molecule has 18 heavy (non-hydrogen) atoms. The van der Waals surface area contributed by atoms with Crippen LogP contribution in [0.5, 0.6) is 0 Å². The van der Waals surface area contributed by atoms with E-state index in [-0.39, 0.29) is 5.54 Å². The van der Waals surface area contributed by atoms with Crippen molar-refractivity contribution in [3.8, 4) is 0 Å². The van der Waals surface area contributed by atoms with Crippen molar-refractivity contribution in [2.45, 2.75) is 57.4 Å². The smallest absolute Gasteiger partial charge is 0.0329 e. The molecule has 0 spiro atoms. The molecule has 0 heterocycles. The predicted octanol–water partition coefficient (Wildman–Crippen LogP) is 3.36. The Morgan fingerprint density at radius 2 is 2.11 bits per heavy atom. The molecule has 0 radical (unpaired) electrons. The minimum atomic E-state index is 0.290. The Morgan fingerprint density at radius 1 is 1.33 bits per heavy atom. The quantitative estimate of drug-likeness (QED) is 0.721. The molecule has 1 aliphatic rings. The van der Waals surface area contributed by atoms with Crippen LogP contribution in [0.3, 0.4) is 0 Å². The van der Waals surface area contributed by atoms with E-state index >= 15 is 0 Å². The number of likely N-dealkylation sites (N-methyl/N-ethyl adjacent to an activating group) is 1. The van der Waals surface area contributed by atoms with Crippen LogP contribution >= 0.6 is 11.8 Å². The standard InChI is InChI=1S/C15H32N2S/c1-4-6-14-7-5-9-15(13-16,10-8-14)17(2)11-12-18-3/h14H,4-13,16H2,1-3H3. The summed E-state index contributed by atoms with van der Waals surface area (Å²) in [7, 11) is 2.28. The average Bonchev–Trinajstić information content (AvgIpc) is 2.60. The van der Waals surface area contributed by atoms with E-state index in [0.717, 1.165) is 12.5 Å². The second-order valence-corrected chi connectivity index (χ2v) is 6.91. The Kier molecular flexibility index (Phi) is 7.66. The van der Waals surface area contributed by atoms with Crippen LogP contribution in [0.4, 0.5) is 0 Å². The van der Waals surface area contributed by atoms with Gasteiger partial charge in [-0.1, -0.05) is 32.6 Å². The highest BCUT2D eigenvalue weighted by Crippen LogP contribution is 2.35. The van der Waals surface area contributed by atoms with Crippen LogP contribution in [-0.2, 0) is 0 Å². The number of nitrogens with two attached hydrogens (primary N) is 1. The number of nitrogens with zero attached hydrogens (tertiary/aromatic N) is 1. The molecule has 1 saturated carbocycles. The van der Waals surface area contributed by atoms with Crippen molar-refractivity contribution in [3.05, 3.63) is 0 Å². The van der Waals surface area contributed by atoms with E-state index in [4.69, 9.17) is 5.73 Å². The fourth-order valence-corrected chi connectivity index (χ4v) is 3.82. The lowest BCUT2D eigenvalue weighted by Crippen LogP contribution is -2.52. The van der Waals surface area contributed by atoms with Crippen molar-refractivity contribution in [2.75, 3.05) is 32.1 Å². The fourth-order valence-electron chi connectivity index (χ4n) is 3.37. The zero-order valence-electron chi connectivity index (χ0n) is 12.6. The Morgan fingerprint density at radius 3 is 2.72 bits per heavy atom. The molecule has 1 fully saturated rings. The molecular formula is C15H32N2S. The van der Waals surface area contributed by atoms with Gasteiger partial charge >= 0.3 is 0 Å². The van der Waals surface area contributed by atoms with E-state index < -0.39 is 0 Å². The lowest BCUT2D eigenvalue weighted by molar-refractivity contribution is 0.113. The number of thioether (sulfide) groups is 1. The normalized spacial score (nSPS) is 29.5. The molecule has 0 aromatic heterocycles. The summed E-state index contributed by atoms with van der Waals surface area (Å²) < 4.78 is 0. The molecule has 0 amide bonds. The number of hydrogen-bond donors (Lipinski definition) is 1. The topological polar surface area (TPSA) is 29.3 Å². The van der Waals surface area contributed by atoms with Crippen molar-refractivity contribution in [3.63, 3.8) is 0 Å². The highest BCUT2D eigenvalue weighted by atomic mass is 32.2. The third-order valence-corrected chi connectivity index (χ3v) is 5.38. The third kappa shape index (κ3) is 4.43. The van der Waals surface area contributed by atoms with Crippen LogP contribution in [0.1, 0.15) is 51.9 Å². The zero-order valence-corrected chi connectivity index (χ0v) is 13.4. The molecule has 3 heteroatoms. The maximum absolute atomic E-state index is 6.15. The summed E-state index contributed by atoms with van der Waals surface area (Å²) in [5, 5.41) is 0. The van der Waals surface area contributed by atoms with Gasteiger partial charge in [0.1, 0.15) is 0 Å². The maximum Gasteiger partial charge on any atom is 0.0329 e. The monoisotopic (exact) mass is 272 g/mol. The molecule has 2 N–H and O–H groups in total. The lowest BCUT2D eigenvalue weighted by Gasteiger charge is -2.41. The molecule has 0 aromatic carbocycles. The minimum Gasteiger partial charge on any atom is -0.329 e. The van der Waals surface area contributed by atoms with Gasteiger partial charge in [-0.15, -0.1) is 0 Å². The molecule has 2 atom stereocenters. The van der Waals surface area contributed by atoms with Gasteiger partial charge in [0.15, 0.2) is 0 Å². The van der Waals surface area contributed by atoms with E-state index in [1.54, 1.807) is 0 Å². The first kappa shape index (κ1) is 16.3. The van der Waals surface area contributed by atoms with Gasteiger partial charge in [0.25, 0.3) is 0 Å². The van der Waals surface area contributed by atoms with Gasteiger partial charge in [0.05, 0.1) is 0 Å². The van der Waals surface area contributed by atoms with Crippen molar-refractivity contribution < 1.29 is 0 Å². The molecule has 1 aliphatic carbocycles. The summed E-state index contributed by atoms with van der Waals surface area (Å²) in [4.78, 5) is 2.55. The van der Waals surface area contributed by atoms with Crippen LogP contribution < -0.4 is 5.73 Å². The summed E-state index contributed by atoms with van der Waals surface area (Å²) in [5.41, 5.74) is 6.44. The Hall–Kier alpha value is 0.270. The van der Waals surface area contributed by atoms with Crippen LogP contribution in [0.25, 0.3) is 0 Å². The zero-order chi connectivity index (χ0) is 13.4. The summed E-state index contributed by atoms with van der Waals surface area (Å²) in [6, 6.07) is 0. The minimum absolute atomic E-state index is 0.290. The SMILES string of the molecule is CCCC1CCCC(CN)(N(C)CCSC)CC1. The highest BCUT2D eigenvalue weighted by molar-refractivity contribution is 7.98. The first-order valence-electron chi connectivity index (χ1n) is 7.58. The first-order chi connectivity index (χ1) is 8.68. The lowest BCUT2D eigenvalue weighted by atomic mass is 9.87. The molecule has 0 bridgehead atoms. The van der Waals surface area contributed by atoms with Gasteiger partial charge in [-0.05, 0) is 38.5 Å². The van der Waals surface area contributed by atoms with Gasteiger partial charge < -0.3 is 5.73 Å². The predicted molar refractivity (Wildman–Crippen MR) is 84.3 cm³/mol. The molecule has 0 aliphatic heterocycles. The second-order valence-electron chi connectivity index (χ2n) is 5.93. The van der Waals surface area contributed by atoms with Crippen LogP contribution in [0.15, 0.2) is 0 Å². The van der Waals surface area contributed by atoms with Gasteiger partial charge in [-0.3, -0.25) is 4.90 Å². The first-order valence-corrected chi connectivity index (χ1v) is 8.98. The molecule has 2 unspecified atom stereocenters. The van der Waals surface area contributed by atoms with E-state index in [1.165, 1.54) is 57.2 Å². The summed E-state index contributed by atoms with van der Waals surface area (Å²) in [6.07, 6.45) is 11.7. The van der Waals surface area contributed by atoms with Crippen molar-refractivity contribution >= 4 is 11.8 Å². The van der Waals surface area contributed by atoms with E-state index in [2.05, 4.69) is 25.1 Å². The number of hydrogen-bond acceptors (Lipinski definition) is 3. The Labute approximate surface area is 118 Å². The van der Waals surface area contributed by atoms with E-state index in [9.17, 15) is 0 Å². The average molecular weight is 273 g/mol. The van der Waals surface area contributed by atoms with Crippen molar-refractivity contribution in [1.82, 2.24) is 4.90 Å². The fraction of sp³-hybridized carbons (Fsp3) is 1.00. The van der Waals surface area contributed by atoms with E-state index in [1.807, 2.05) is 11.8 Å². The van der Waals surface area contributed by atoms with E-state index in [0.29, 0.717) is 0 Å². The molecule has 108 valence electrons. The van der Waals surface area contributed by atoms with Gasteiger partial charge in [-0.2, -0.15) is 11.8 Å². The van der Waals surface area contributed by atoms with Crippen LogP contribution in [-0.4, -0.2) is 42.6 Å². The second kappa shape index (κ2) is 8.44. The maximum atomic E-state index is 6.15. The summed E-state index contributed by atoms with van der Waals surface area (Å²) in [6.45, 7) is 4.32. The summed E-state index contributed by atoms with van der Waals surface area (Å²) in [5.74, 6) is 2.17. The molecular weight excluding hydrogens is 240 g/mol. The Balaban J connectivity index is 2.58. The van der Waals surface area contributed by atoms with Gasteiger partial charge in [0.2, 0.25) is 0 Å². The number of rotatable bonds is 7. The highest BCUT2D eigenvalue weighted by Gasteiger charge is 2.35. The van der Waals surface area contributed by atoms with Crippen LogP contribution in [0.2, 0.25) is 0 Å². The molecule has 0 saturated heterocycles. The molecule has 0 aromatic rings. The van der Waals surface area contributed by atoms with Crippen molar-refractivity contribution in [1.29, 1.82) is 0 Å². The molecule has 1 rings (SSSR count). The van der Waals surface area contributed by atoms with Gasteiger partial charge in [-0.25, -0.2) is 0 Å². The largest absolute Gasteiger partial charge is 0.329 e. The third-order valence-electron chi connectivity index (χ3n) is 4.79. The van der Waals surface area contributed by atoms with Gasteiger partial charge in [0, 0.05) is 24.4 Å². The van der Waals surface area contributed by atoms with Crippen molar-refractivity contribution in [2.24, 2.45) is 11.7 Å². The van der Waals surface area contributed by atoms with Crippen LogP contribution in [0, 0.1) is 5.92 Å².